The van der Waals surface area contributed by atoms with Crippen LogP contribution in [-0.2, 0) is 0 Å². The van der Waals surface area contributed by atoms with Crippen molar-refractivity contribution >= 4 is 17.1 Å². The van der Waals surface area contributed by atoms with Gasteiger partial charge in [-0.3, -0.25) is 0 Å². The zero-order chi connectivity index (χ0) is 19.6. The molecule has 0 unspecified atom stereocenters. The second kappa shape index (κ2) is 7.35. The van der Waals surface area contributed by atoms with Crippen molar-refractivity contribution in [2.75, 3.05) is 5.32 Å². The largest absolute Gasteiger partial charge is 0.363 e. The maximum absolute atomic E-state index is 5.28. The SMILES string of the molecule is Cc1ncn(-c2ccc(Nc3cc(-c4nocc4C4=CCCC4)ccn3)cc2)n1. The summed E-state index contributed by atoms with van der Waals surface area (Å²) < 4.78 is 7.03. The number of anilines is 2. The Morgan fingerprint density at radius 3 is 2.76 bits per heavy atom. The van der Waals surface area contributed by atoms with Crippen LogP contribution in [0.4, 0.5) is 11.5 Å². The van der Waals surface area contributed by atoms with E-state index in [4.69, 9.17) is 4.52 Å². The Morgan fingerprint density at radius 1 is 1.10 bits per heavy atom. The Kier molecular flexibility index (Phi) is 4.40. The van der Waals surface area contributed by atoms with Gasteiger partial charge in [0.25, 0.3) is 0 Å². The highest BCUT2D eigenvalue weighted by molar-refractivity contribution is 5.80. The van der Waals surface area contributed by atoms with Gasteiger partial charge in [0.1, 0.15) is 29.9 Å². The highest BCUT2D eigenvalue weighted by atomic mass is 16.5. The van der Waals surface area contributed by atoms with Gasteiger partial charge >= 0.3 is 0 Å². The number of aromatic nitrogens is 5. The number of nitrogens with one attached hydrogen (secondary N) is 1. The quantitative estimate of drug-likeness (QED) is 0.525. The molecular formula is C22H20N6O. The van der Waals surface area contributed by atoms with E-state index in [-0.39, 0.29) is 0 Å². The zero-order valence-electron chi connectivity index (χ0n) is 16.0. The van der Waals surface area contributed by atoms with Crippen LogP contribution in [0.3, 0.4) is 0 Å². The highest BCUT2D eigenvalue weighted by Crippen LogP contribution is 2.34. The molecular weight excluding hydrogens is 364 g/mol. The molecule has 1 aliphatic carbocycles. The second-order valence-corrected chi connectivity index (χ2v) is 7.04. The van der Waals surface area contributed by atoms with Crippen LogP contribution in [-0.4, -0.2) is 24.9 Å². The molecule has 0 bridgehead atoms. The van der Waals surface area contributed by atoms with Crippen LogP contribution in [0.15, 0.2) is 65.8 Å². The number of benzene rings is 1. The number of aryl methyl sites for hydroxylation is 1. The number of allylic oxidation sites excluding steroid dienone is 2. The molecule has 144 valence electrons. The van der Waals surface area contributed by atoms with E-state index in [0.29, 0.717) is 0 Å². The summed E-state index contributed by atoms with van der Waals surface area (Å²) in [7, 11) is 0. The van der Waals surface area contributed by atoms with E-state index in [1.807, 2.05) is 43.3 Å². The fourth-order valence-electron chi connectivity index (χ4n) is 3.55. The smallest absolute Gasteiger partial charge is 0.147 e. The van der Waals surface area contributed by atoms with E-state index in [9.17, 15) is 0 Å². The summed E-state index contributed by atoms with van der Waals surface area (Å²) in [5.41, 5.74) is 6.12. The molecule has 0 amide bonds. The predicted molar refractivity (Wildman–Crippen MR) is 111 cm³/mol. The first-order chi connectivity index (χ1) is 14.3. The molecule has 3 heterocycles. The lowest BCUT2D eigenvalue weighted by atomic mass is 10.0. The number of rotatable bonds is 5. The van der Waals surface area contributed by atoms with Crippen molar-refractivity contribution in [1.82, 2.24) is 24.9 Å². The van der Waals surface area contributed by atoms with Gasteiger partial charge in [-0.25, -0.2) is 14.6 Å². The summed E-state index contributed by atoms with van der Waals surface area (Å²) in [6.45, 7) is 1.87. The van der Waals surface area contributed by atoms with E-state index in [0.717, 1.165) is 52.7 Å². The highest BCUT2D eigenvalue weighted by Gasteiger charge is 2.17. The van der Waals surface area contributed by atoms with Crippen molar-refractivity contribution in [2.24, 2.45) is 0 Å². The van der Waals surface area contributed by atoms with E-state index < -0.39 is 0 Å². The molecule has 0 saturated carbocycles. The van der Waals surface area contributed by atoms with Gasteiger partial charge in [0.15, 0.2) is 0 Å². The topological polar surface area (TPSA) is 81.7 Å². The normalized spacial score (nSPS) is 13.5. The van der Waals surface area contributed by atoms with Crippen molar-refractivity contribution in [3.8, 4) is 16.9 Å². The molecule has 1 aliphatic rings. The van der Waals surface area contributed by atoms with Gasteiger partial charge in [-0.2, -0.15) is 5.10 Å². The lowest BCUT2D eigenvalue weighted by Gasteiger charge is -2.08. The second-order valence-electron chi connectivity index (χ2n) is 7.04. The van der Waals surface area contributed by atoms with E-state index >= 15 is 0 Å². The number of pyridine rings is 1. The van der Waals surface area contributed by atoms with Crippen molar-refractivity contribution in [2.45, 2.75) is 26.2 Å². The first kappa shape index (κ1) is 17.4. The summed E-state index contributed by atoms with van der Waals surface area (Å²) >= 11 is 0. The fourth-order valence-corrected chi connectivity index (χ4v) is 3.55. The maximum atomic E-state index is 5.28. The zero-order valence-corrected chi connectivity index (χ0v) is 16.0. The molecule has 3 aromatic heterocycles. The Hall–Kier alpha value is -3.74. The third kappa shape index (κ3) is 3.54. The standard InChI is InChI=1S/C22H20N6O/c1-15-24-14-28(26-15)19-8-6-18(7-9-19)25-21-12-17(10-11-23-21)22-20(13-29-27-22)16-4-2-3-5-16/h4,6-14H,2-3,5H2,1H3,(H,23,25). The van der Waals surface area contributed by atoms with E-state index in [1.165, 1.54) is 12.0 Å². The van der Waals surface area contributed by atoms with Crippen LogP contribution >= 0.6 is 0 Å². The molecule has 0 radical (unpaired) electrons. The summed E-state index contributed by atoms with van der Waals surface area (Å²) in [6.07, 6.45) is 10.9. The molecule has 5 rings (SSSR count). The lowest BCUT2D eigenvalue weighted by Crippen LogP contribution is -1.97. The molecule has 7 heteroatoms. The molecule has 0 fully saturated rings. The summed E-state index contributed by atoms with van der Waals surface area (Å²) in [4.78, 5) is 8.61. The minimum atomic E-state index is 0.744. The van der Waals surface area contributed by atoms with Gasteiger partial charge in [-0.15, -0.1) is 0 Å². The van der Waals surface area contributed by atoms with Crippen LogP contribution in [0.25, 0.3) is 22.5 Å². The van der Waals surface area contributed by atoms with Gasteiger partial charge in [0.2, 0.25) is 0 Å². The van der Waals surface area contributed by atoms with Crippen molar-refractivity contribution in [3.63, 3.8) is 0 Å². The molecule has 1 aromatic carbocycles. The minimum Gasteiger partial charge on any atom is -0.363 e. The molecule has 0 atom stereocenters. The monoisotopic (exact) mass is 384 g/mol. The van der Waals surface area contributed by atoms with Crippen molar-refractivity contribution < 1.29 is 4.52 Å². The summed E-state index contributed by atoms with van der Waals surface area (Å²) in [5, 5.41) is 11.9. The fraction of sp³-hybridized carbons (Fsp3) is 0.182. The Balaban J connectivity index is 1.38. The molecule has 0 aliphatic heterocycles. The van der Waals surface area contributed by atoms with Gasteiger partial charge in [-0.05, 0) is 68.2 Å². The van der Waals surface area contributed by atoms with Crippen LogP contribution in [0.2, 0.25) is 0 Å². The lowest BCUT2D eigenvalue weighted by molar-refractivity contribution is 0.422. The average molecular weight is 384 g/mol. The molecule has 29 heavy (non-hydrogen) atoms. The number of hydrogen-bond donors (Lipinski definition) is 1. The molecule has 7 nitrogen and oxygen atoms in total. The molecule has 0 spiro atoms. The average Bonchev–Trinajstić information content (AvgIpc) is 3.50. The minimum absolute atomic E-state index is 0.744. The third-order valence-electron chi connectivity index (χ3n) is 5.00. The Bertz CT molecular complexity index is 1170. The first-order valence-corrected chi connectivity index (χ1v) is 9.62. The van der Waals surface area contributed by atoms with Gasteiger partial charge in [-0.1, -0.05) is 11.2 Å². The van der Waals surface area contributed by atoms with Gasteiger partial charge in [0.05, 0.1) is 5.69 Å². The van der Waals surface area contributed by atoms with Crippen molar-refractivity contribution in [1.29, 1.82) is 0 Å². The van der Waals surface area contributed by atoms with Crippen LogP contribution in [0, 0.1) is 6.92 Å². The van der Waals surface area contributed by atoms with Crippen LogP contribution in [0.1, 0.15) is 30.7 Å². The Morgan fingerprint density at radius 2 is 2.00 bits per heavy atom. The Labute approximate surface area is 168 Å². The van der Waals surface area contributed by atoms with Gasteiger partial charge < -0.3 is 9.84 Å². The molecule has 4 aromatic rings. The predicted octanol–water partition coefficient (Wildman–Crippen LogP) is 4.94. The summed E-state index contributed by atoms with van der Waals surface area (Å²) in [5.74, 6) is 1.50. The van der Waals surface area contributed by atoms with Gasteiger partial charge in [0, 0.05) is 23.0 Å². The third-order valence-corrected chi connectivity index (χ3v) is 5.00. The maximum Gasteiger partial charge on any atom is 0.147 e. The van der Waals surface area contributed by atoms with Crippen molar-refractivity contribution in [3.05, 3.63) is 72.6 Å². The van der Waals surface area contributed by atoms with Crippen LogP contribution in [0.5, 0.6) is 0 Å². The van der Waals surface area contributed by atoms with E-state index in [1.54, 1.807) is 23.5 Å². The summed E-state index contributed by atoms with van der Waals surface area (Å²) in [6, 6.07) is 11.9. The number of nitrogens with zero attached hydrogens (tertiary/aromatic N) is 5. The first-order valence-electron chi connectivity index (χ1n) is 9.62. The number of hydrogen-bond acceptors (Lipinski definition) is 6. The van der Waals surface area contributed by atoms with E-state index in [2.05, 4.69) is 31.6 Å². The molecule has 0 saturated heterocycles. The van der Waals surface area contributed by atoms with Crippen LogP contribution < -0.4 is 5.32 Å². The molecule has 1 N–H and O–H groups in total.